The Morgan fingerprint density at radius 1 is 1.41 bits per heavy atom. The van der Waals surface area contributed by atoms with Crippen molar-refractivity contribution in [2.45, 2.75) is 24.8 Å². The third-order valence-corrected chi connectivity index (χ3v) is 3.25. The monoisotopic (exact) mass is 235 g/mol. The van der Waals surface area contributed by atoms with Crippen LogP contribution in [0.15, 0.2) is 24.3 Å². The molecule has 1 aromatic carbocycles. The number of methoxy groups -OCH3 is 1. The SMILES string of the molecule is COC(=O)[C@@H]1C[C@H](c2ccc(O)cc2)CCN1. The zero-order valence-electron chi connectivity index (χ0n) is 9.85. The second-order valence-corrected chi connectivity index (χ2v) is 4.34. The molecule has 17 heavy (non-hydrogen) atoms. The second-order valence-electron chi connectivity index (χ2n) is 4.34. The molecule has 0 saturated carbocycles. The van der Waals surface area contributed by atoms with Gasteiger partial charge >= 0.3 is 5.97 Å². The molecule has 0 spiro atoms. The highest BCUT2D eigenvalue weighted by atomic mass is 16.5. The Morgan fingerprint density at radius 2 is 2.12 bits per heavy atom. The number of phenols is 1. The first-order chi connectivity index (χ1) is 8.20. The molecule has 1 saturated heterocycles. The molecular weight excluding hydrogens is 218 g/mol. The highest BCUT2D eigenvalue weighted by Gasteiger charge is 2.28. The molecule has 0 radical (unpaired) electrons. The number of nitrogens with one attached hydrogen (secondary N) is 1. The molecule has 2 rings (SSSR count). The number of rotatable bonds is 2. The molecule has 1 heterocycles. The van der Waals surface area contributed by atoms with Gasteiger partial charge in [-0.05, 0) is 43.0 Å². The number of hydrogen-bond donors (Lipinski definition) is 2. The summed E-state index contributed by atoms with van der Waals surface area (Å²) >= 11 is 0. The lowest BCUT2D eigenvalue weighted by Crippen LogP contribution is -2.43. The summed E-state index contributed by atoms with van der Waals surface area (Å²) in [6, 6.07) is 6.99. The van der Waals surface area contributed by atoms with Crippen LogP contribution in [0.3, 0.4) is 0 Å². The molecular formula is C13H17NO3. The summed E-state index contributed by atoms with van der Waals surface area (Å²) in [7, 11) is 1.41. The normalized spacial score (nSPS) is 24.3. The lowest BCUT2D eigenvalue weighted by atomic mass is 9.86. The standard InChI is InChI=1S/C13H17NO3/c1-17-13(16)12-8-10(6-7-14-12)9-2-4-11(15)5-3-9/h2-5,10,12,14-15H,6-8H2,1H3/t10-,12+/m1/s1. The van der Waals surface area contributed by atoms with E-state index in [9.17, 15) is 9.90 Å². The maximum atomic E-state index is 11.5. The van der Waals surface area contributed by atoms with Gasteiger partial charge in [0.05, 0.1) is 7.11 Å². The topological polar surface area (TPSA) is 58.6 Å². The third kappa shape index (κ3) is 2.77. The van der Waals surface area contributed by atoms with Crippen molar-refractivity contribution in [3.63, 3.8) is 0 Å². The Hall–Kier alpha value is -1.55. The summed E-state index contributed by atoms with van der Waals surface area (Å²) < 4.78 is 4.75. The number of carbonyl (C=O) groups is 1. The van der Waals surface area contributed by atoms with Gasteiger partial charge in [-0.3, -0.25) is 4.79 Å². The number of carbonyl (C=O) groups excluding carboxylic acids is 1. The van der Waals surface area contributed by atoms with E-state index >= 15 is 0 Å². The van der Waals surface area contributed by atoms with Gasteiger partial charge in [-0.1, -0.05) is 12.1 Å². The Morgan fingerprint density at radius 3 is 2.76 bits per heavy atom. The first-order valence-electron chi connectivity index (χ1n) is 5.81. The fourth-order valence-electron chi connectivity index (χ4n) is 2.29. The van der Waals surface area contributed by atoms with E-state index in [1.54, 1.807) is 12.1 Å². The van der Waals surface area contributed by atoms with Crippen molar-refractivity contribution in [1.82, 2.24) is 5.32 Å². The maximum Gasteiger partial charge on any atom is 0.322 e. The summed E-state index contributed by atoms with van der Waals surface area (Å²) in [6.45, 7) is 0.811. The average Bonchev–Trinajstić information content (AvgIpc) is 2.39. The number of hydrogen-bond acceptors (Lipinski definition) is 4. The minimum atomic E-state index is -0.215. The predicted molar refractivity (Wildman–Crippen MR) is 63.9 cm³/mol. The van der Waals surface area contributed by atoms with Crippen LogP contribution in [0.4, 0.5) is 0 Å². The first-order valence-corrected chi connectivity index (χ1v) is 5.81. The van der Waals surface area contributed by atoms with E-state index < -0.39 is 0 Å². The van der Waals surface area contributed by atoms with Gasteiger partial charge in [0, 0.05) is 0 Å². The molecule has 2 atom stereocenters. The van der Waals surface area contributed by atoms with Crippen LogP contribution < -0.4 is 5.32 Å². The summed E-state index contributed by atoms with van der Waals surface area (Å²) in [5.74, 6) is 0.418. The van der Waals surface area contributed by atoms with Gasteiger partial charge in [-0.15, -0.1) is 0 Å². The van der Waals surface area contributed by atoms with Crippen molar-refractivity contribution in [2.24, 2.45) is 0 Å². The van der Waals surface area contributed by atoms with E-state index in [0.29, 0.717) is 5.92 Å². The fraction of sp³-hybridized carbons (Fsp3) is 0.462. The van der Waals surface area contributed by atoms with Crippen LogP contribution in [-0.4, -0.2) is 30.8 Å². The van der Waals surface area contributed by atoms with E-state index in [0.717, 1.165) is 19.4 Å². The highest BCUT2D eigenvalue weighted by Crippen LogP contribution is 2.29. The molecule has 0 amide bonds. The summed E-state index contributed by atoms with van der Waals surface area (Å²) in [4.78, 5) is 11.5. The average molecular weight is 235 g/mol. The van der Waals surface area contributed by atoms with Crippen LogP contribution in [-0.2, 0) is 9.53 Å². The van der Waals surface area contributed by atoms with Crippen LogP contribution in [0.1, 0.15) is 24.3 Å². The van der Waals surface area contributed by atoms with Crippen molar-refractivity contribution in [3.8, 4) is 5.75 Å². The quantitative estimate of drug-likeness (QED) is 0.761. The number of ether oxygens (including phenoxy) is 1. The lowest BCUT2D eigenvalue weighted by Gasteiger charge is -2.28. The maximum absolute atomic E-state index is 11.5. The molecule has 0 bridgehead atoms. The molecule has 1 fully saturated rings. The van der Waals surface area contributed by atoms with Crippen LogP contribution >= 0.6 is 0 Å². The number of phenolic OH excluding ortho intramolecular Hbond substituents is 1. The van der Waals surface area contributed by atoms with Crippen LogP contribution in [0.5, 0.6) is 5.75 Å². The minimum Gasteiger partial charge on any atom is -0.508 e. The molecule has 1 aromatic rings. The molecule has 4 nitrogen and oxygen atoms in total. The summed E-state index contributed by atoms with van der Waals surface area (Å²) in [5.41, 5.74) is 1.17. The van der Waals surface area contributed by atoms with E-state index in [4.69, 9.17) is 4.74 Å². The fourth-order valence-corrected chi connectivity index (χ4v) is 2.29. The van der Waals surface area contributed by atoms with Gasteiger partial charge in [0.2, 0.25) is 0 Å². The highest BCUT2D eigenvalue weighted by molar-refractivity contribution is 5.75. The zero-order valence-corrected chi connectivity index (χ0v) is 9.85. The van der Waals surface area contributed by atoms with E-state index in [1.807, 2.05) is 12.1 Å². The van der Waals surface area contributed by atoms with Gasteiger partial charge in [0.15, 0.2) is 0 Å². The Balaban J connectivity index is 2.06. The van der Waals surface area contributed by atoms with Crippen molar-refractivity contribution in [1.29, 1.82) is 0 Å². The molecule has 1 aliphatic heterocycles. The third-order valence-electron chi connectivity index (χ3n) is 3.25. The van der Waals surface area contributed by atoms with Crippen LogP contribution in [0, 0.1) is 0 Å². The lowest BCUT2D eigenvalue weighted by molar-refractivity contribution is -0.143. The van der Waals surface area contributed by atoms with Gasteiger partial charge in [0.25, 0.3) is 0 Å². The molecule has 1 aliphatic rings. The van der Waals surface area contributed by atoms with Crippen molar-refractivity contribution < 1.29 is 14.6 Å². The van der Waals surface area contributed by atoms with Crippen LogP contribution in [0.2, 0.25) is 0 Å². The predicted octanol–water partition coefficient (Wildman–Crippen LogP) is 1.40. The Labute approximate surface area is 101 Å². The van der Waals surface area contributed by atoms with E-state index in [1.165, 1.54) is 12.7 Å². The van der Waals surface area contributed by atoms with Crippen molar-refractivity contribution in [2.75, 3.05) is 13.7 Å². The first kappa shape index (κ1) is 11.9. The van der Waals surface area contributed by atoms with Gasteiger partial charge < -0.3 is 15.2 Å². The zero-order chi connectivity index (χ0) is 12.3. The summed E-state index contributed by atoms with van der Waals surface area (Å²) in [6.07, 6.45) is 1.75. The van der Waals surface area contributed by atoms with Crippen LogP contribution in [0.25, 0.3) is 0 Å². The smallest absolute Gasteiger partial charge is 0.322 e. The number of benzene rings is 1. The molecule has 92 valence electrons. The largest absolute Gasteiger partial charge is 0.508 e. The van der Waals surface area contributed by atoms with E-state index in [2.05, 4.69) is 5.32 Å². The number of aromatic hydroxyl groups is 1. The molecule has 0 aliphatic carbocycles. The Kier molecular flexibility index (Phi) is 3.64. The molecule has 4 heteroatoms. The van der Waals surface area contributed by atoms with Crippen molar-refractivity contribution >= 4 is 5.97 Å². The van der Waals surface area contributed by atoms with Crippen molar-refractivity contribution in [3.05, 3.63) is 29.8 Å². The minimum absolute atomic E-state index is 0.200. The Bertz CT molecular complexity index is 388. The molecule has 0 aromatic heterocycles. The number of esters is 1. The van der Waals surface area contributed by atoms with E-state index in [-0.39, 0.29) is 17.8 Å². The number of piperidine rings is 1. The molecule has 2 N–H and O–H groups in total. The van der Waals surface area contributed by atoms with Gasteiger partial charge in [-0.2, -0.15) is 0 Å². The molecule has 0 unspecified atom stereocenters. The van der Waals surface area contributed by atoms with Gasteiger partial charge in [-0.25, -0.2) is 0 Å². The second kappa shape index (κ2) is 5.19. The van der Waals surface area contributed by atoms with Gasteiger partial charge in [0.1, 0.15) is 11.8 Å². The summed E-state index contributed by atoms with van der Waals surface area (Å²) in [5, 5.41) is 12.4.